The predicted octanol–water partition coefficient (Wildman–Crippen LogP) is 2.42. The largest absolute Gasteiger partial charge is 0.489 e. The zero-order valence-electron chi connectivity index (χ0n) is 17.8. The lowest BCUT2D eigenvalue weighted by atomic mass is 9.95. The van der Waals surface area contributed by atoms with Crippen LogP contribution in [0.5, 0.6) is 5.75 Å². The van der Waals surface area contributed by atoms with Crippen LogP contribution in [0.1, 0.15) is 51.5 Å². The summed E-state index contributed by atoms with van der Waals surface area (Å²) in [5, 5.41) is 2.45. The Morgan fingerprint density at radius 2 is 2.00 bits per heavy atom. The molecule has 162 valence electrons. The fraction of sp³-hybridized carbons (Fsp3) is 0.591. The Hall–Kier alpha value is -2.77. The van der Waals surface area contributed by atoms with Crippen LogP contribution in [-0.4, -0.2) is 60.7 Å². The lowest BCUT2D eigenvalue weighted by molar-refractivity contribution is -0.134. The van der Waals surface area contributed by atoms with E-state index in [1.54, 1.807) is 4.90 Å². The number of ether oxygens (including phenoxy) is 2. The third-order valence-corrected chi connectivity index (χ3v) is 5.78. The highest BCUT2D eigenvalue weighted by molar-refractivity contribution is 6.02. The van der Waals surface area contributed by atoms with E-state index in [-0.39, 0.29) is 29.9 Å². The van der Waals surface area contributed by atoms with Gasteiger partial charge in [-0.2, -0.15) is 0 Å². The third kappa shape index (κ3) is 4.08. The Balaban J connectivity index is 1.54. The molecule has 4 rings (SSSR count). The monoisotopic (exact) mass is 415 g/mol. The molecule has 30 heavy (non-hydrogen) atoms. The van der Waals surface area contributed by atoms with Crippen LogP contribution in [0.25, 0.3) is 0 Å². The molecule has 1 N–H and O–H groups in total. The van der Waals surface area contributed by atoms with E-state index in [0.29, 0.717) is 39.1 Å². The summed E-state index contributed by atoms with van der Waals surface area (Å²) in [6.07, 6.45) is 1.39. The Labute approximate surface area is 176 Å². The summed E-state index contributed by atoms with van der Waals surface area (Å²) in [6, 6.07) is 5.60. The SMILES string of the molecule is CC(C)(C)OC(=O)N1CC[C@H](c2cccc3c2OCCN3C2CCC(=O)NC2=O)C1. The quantitative estimate of drug-likeness (QED) is 0.747. The molecule has 8 nitrogen and oxygen atoms in total. The molecule has 2 atom stereocenters. The highest BCUT2D eigenvalue weighted by Gasteiger charge is 2.37. The number of carbonyl (C=O) groups excluding carboxylic acids is 3. The number of benzene rings is 1. The zero-order valence-corrected chi connectivity index (χ0v) is 17.8. The molecule has 3 aliphatic heterocycles. The van der Waals surface area contributed by atoms with Crippen LogP contribution in [0.2, 0.25) is 0 Å². The standard InChI is InChI=1S/C22H29N3O5/c1-22(2,3)30-21(28)24-10-9-14(13-24)15-5-4-6-16-19(15)29-12-11-25(16)17-7-8-18(26)23-20(17)27/h4-6,14,17H,7-13H2,1-3H3,(H,23,26,27)/t14-,17?/m0/s1. The van der Waals surface area contributed by atoms with Gasteiger partial charge in [-0.05, 0) is 39.7 Å². The van der Waals surface area contributed by atoms with Crippen molar-refractivity contribution in [2.45, 2.75) is 57.6 Å². The number of piperidine rings is 1. The van der Waals surface area contributed by atoms with E-state index in [1.165, 1.54) is 0 Å². The summed E-state index contributed by atoms with van der Waals surface area (Å²) in [6.45, 7) is 7.88. The molecule has 3 aliphatic rings. The van der Waals surface area contributed by atoms with Crippen LogP contribution >= 0.6 is 0 Å². The lowest BCUT2D eigenvalue weighted by Gasteiger charge is -2.39. The van der Waals surface area contributed by atoms with Crippen molar-refractivity contribution in [3.8, 4) is 5.75 Å². The van der Waals surface area contributed by atoms with E-state index in [0.717, 1.165) is 23.4 Å². The first-order valence-corrected chi connectivity index (χ1v) is 10.6. The molecule has 0 saturated carbocycles. The third-order valence-electron chi connectivity index (χ3n) is 5.78. The van der Waals surface area contributed by atoms with Crippen LogP contribution < -0.4 is 15.0 Å². The first-order chi connectivity index (χ1) is 14.2. The maximum Gasteiger partial charge on any atom is 0.410 e. The molecule has 3 heterocycles. The normalized spacial score (nSPS) is 24.2. The van der Waals surface area contributed by atoms with E-state index in [4.69, 9.17) is 9.47 Å². The number of nitrogens with one attached hydrogen (secondary N) is 1. The van der Waals surface area contributed by atoms with Gasteiger partial charge in [-0.1, -0.05) is 12.1 Å². The van der Waals surface area contributed by atoms with E-state index >= 15 is 0 Å². The van der Waals surface area contributed by atoms with Gasteiger partial charge in [0.15, 0.2) is 0 Å². The number of rotatable bonds is 2. The maximum absolute atomic E-state index is 12.4. The number of fused-ring (bicyclic) bond motifs is 1. The highest BCUT2D eigenvalue weighted by Crippen LogP contribution is 2.42. The van der Waals surface area contributed by atoms with Gasteiger partial charge in [0.05, 0.1) is 12.2 Å². The van der Waals surface area contributed by atoms with Crippen LogP contribution in [0.3, 0.4) is 0 Å². The summed E-state index contributed by atoms with van der Waals surface area (Å²) >= 11 is 0. The Kier molecular flexibility index (Phi) is 5.34. The van der Waals surface area contributed by atoms with Crippen LogP contribution in [-0.2, 0) is 14.3 Å². The number of para-hydroxylation sites is 1. The van der Waals surface area contributed by atoms with E-state index in [9.17, 15) is 14.4 Å². The maximum atomic E-state index is 12.4. The number of anilines is 1. The first kappa shape index (κ1) is 20.5. The summed E-state index contributed by atoms with van der Waals surface area (Å²) in [5.41, 5.74) is 1.41. The van der Waals surface area contributed by atoms with Gasteiger partial charge in [0.25, 0.3) is 0 Å². The summed E-state index contributed by atoms with van der Waals surface area (Å²) < 4.78 is 11.6. The molecule has 2 saturated heterocycles. The van der Waals surface area contributed by atoms with Crippen molar-refractivity contribution >= 4 is 23.6 Å². The molecule has 0 bridgehead atoms. The minimum absolute atomic E-state index is 0.147. The molecule has 3 amide bonds. The molecule has 1 aromatic carbocycles. The zero-order chi connectivity index (χ0) is 21.5. The van der Waals surface area contributed by atoms with Crippen molar-refractivity contribution in [1.82, 2.24) is 10.2 Å². The van der Waals surface area contributed by atoms with Crippen molar-refractivity contribution in [2.75, 3.05) is 31.1 Å². The molecule has 0 radical (unpaired) electrons. The van der Waals surface area contributed by atoms with Gasteiger partial charge < -0.3 is 19.3 Å². The molecule has 1 aromatic rings. The highest BCUT2D eigenvalue weighted by atomic mass is 16.6. The van der Waals surface area contributed by atoms with Gasteiger partial charge in [0.2, 0.25) is 11.8 Å². The number of carbonyl (C=O) groups is 3. The van der Waals surface area contributed by atoms with Gasteiger partial charge in [-0.3, -0.25) is 14.9 Å². The number of nitrogens with zero attached hydrogens (tertiary/aromatic N) is 2. The van der Waals surface area contributed by atoms with Crippen molar-refractivity contribution in [1.29, 1.82) is 0 Å². The van der Waals surface area contributed by atoms with Crippen LogP contribution in [0, 0.1) is 0 Å². The van der Waals surface area contributed by atoms with E-state index in [1.807, 2.05) is 43.9 Å². The number of imide groups is 1. The fourth-order valence-electron chi connectivity index (χ4n) is 4.42. The Bertz CT molecular complexity index is 863. The average Bonchev–Trinajstić information content (AvgIpc) is 3.16. The van der Waals surface area contributed by atoms with Crippen molar-refractivity contribution in [3.63, 3.8) is 0 Å². The Morgan fingerprint density at radius 3 is 2.73 bits per heavy atom. The molecule has 2 fully saturated rings. The number of amides is 3. The van der Waals surface area contributed by atoms with Crippen molar-refractivity contribution in [2.24, 2.45) is 0 Å². The number of likely N-dealkylation sites (tertiary alicyclic amines) is 1. The fourth-order valence-corrected chi connectivity index (χ4v) is 4.42. The second kappa shape index (κ2) is 7.81. The predicted molar refractivity (Wildman–Crippen MR) is 111 cm³/mol. The summed E-state index contributed by atoms with van der Waals surface area (Å²) in [4.78, 5) is 40.2. The topological polar surface area (TPSA) is 88.2 Å². The second-order valence-electron chi connectivity index (χ2n) is 9.12. The molecular formula is C22H29N3O5. The molecular weight excluding hydrogens is 386 g/mol. The van der Waals surface area contributed by atoms with E-state index in [2.05, 4.69) is 5.32 Å². The number of hydrogen-bond acceptors (Lipinski definition) is 6. The van der Waals surface area contributed by atoms with Crippen molar-refractivity contribution < 1.29 is 23.9 Å². The average molecular weight is 415 g/mol. The van der Waals surface area contributed by atoms with Crippen LogP contribution in [0.15, 0.2) is 18.2 Å². The first-order valence-electron chi connectivity index (χ1n) is 10.6. The van der Waals surface area contributed by atoms with Crippen molar-refractivity contribution in [3.05, 3.63) is 23.8 Å². The Morgan fingerprint density at radius 1 is 1.20 bits per heavy atom. The van der Waals surface area contributed by atoms with Gasteiger partial charge in [0.1, 0.15) is 24.0 Å². The van der Waals surface area contributed by atoms with Gasteiger partial charge in [-0.15, -0.1) is 0 Å². The summed E-state index contributed by atoms with van der Waals surface area (Å²) in [7, 11) is 0. The molecule has 0 spiro atoms. The number of hydrogen-bond donors (Lipinski definition) is 1. The van der Waals surface area contributed by atoms with Gasteiger partial charge in [-0.25, -0.2) is 4.79 Å². The minimum atomic E-state index is -0.521. The van der Waals surface area contributed by atoms with E-state index < -0.39 is 5.60 Å². The molecule has 0 aromatic heterocycles. The van der Waals surface area contributed by atoms with Crippen LogP contribution in [0.4, 0.5) is 10.5 Å². The molecule has 1 unspecified atom stereocenters. The lowest BCUT2D eigenvalue weighted by Crippen LogP contribution is -2.54. The second-order valence-corrected chi connectivity index (χ2v) is 9.12. The minimum Gasteiger partial charge on any atom is -0.489 e. The molecule has 8 heteroatoms. The smallest absolute Gasteiger partial charge is 0.410 e. The van der Waals surface area contributed by atoms with Gasteiger partial charge >= 0.3 is 6.09 Å². The van der Waals surface area contributed by atoms with Gasteiger partial charge in [0, 0.05) is 31.0 Å². The summed E-state index contributed by atoms with van der Waals surface area (Å²) in [5.74, 6) is 0.465. The molecule has 0 aliphatic carbocycles.